The lowest BCUT2D eigenvalue weighted by molar-refractivity contribution is -0.139. The highest BCUT2D eigenvalue weighted by Crippen LogP contribution is 2.34. The minimum Gasteiger partial charge on any atom is -0.352 e. The van der Waals surface area contributed by atoms with Crippen molar-refractivity contribution in [3.63, 3.8) is 0 Å². The molecule has 4 rings (SSSR count). The van der Waals surface area contributed by atoms with Gasteiger partial charge in [-0.2, -0.15) is 0 Å². The lowest BCUT2D eigenvalue weighted by atomic mass is 9.83. The molecule has 222 valence electrons. The van der Waals surface area contributed by atoms with Crippen molar-refractivity contribution < 1.29 is 19.2 Å². The van der Waals surface area contributed by atoms with E-state index < -0.39 is 6.04 Å². The number of nitrogens with one attached hydrogen (secondary N) is 3. The molecular weight excluding hydrogens is 506 g/mol. The van der Waals surface area contributed by atoms with Gasteiger partial charge >= 0.3 is 0 Å². The number of carbonyl (C=O) groups is 4. The molecule has 3 fully saturated rings. The van der Waals surface area contributed by atoms with Gasteiger partial charge in [-0.15, -0.1) is 0 Å². The van der Waals surface area contributed by atoms with Crippen LogP contribution >= 0.6 is 0 Å². The van der Waals surface area contributed by atoms with E-state index in [4.69, 9.17) is 0 Å². The second-order valence-electron chi connectivity index (χ2n) is 11.5. The Morgan fingerprint density at radius 2 is 1.57 bits per heavy atom. The molecule has 9 nitrogen and oxygen atoms in total. The van der Waals surface area contributed by atoms with Crippen LogP contribution in [0.1, 0.15) is 78.1 Å². The maximum Gasteiger partial charge on any atom is 0.245 e. The first-order chi connectivity index (χ1) is 19.3. The Bertz CT molecular complexity index is 973. The van der Waals surface area contributed by atoms with Gasteiger partial charge in [-0.05, 0) is 76.0 Å². The first kappa shape index (κ1) is 31.6. The van der Waals surface area contributed by atoms with Crippen LogP contribution in [0.25, 0.3) is 0 Å². The number of likely N-dealkylation sites (tertiary alicyclic amines) is 2. The van der Waals surface area contributed by atoms with Crippen molar-refractivity contribution in [3.05, 3.63) is 36.5 Å². The van der Waals surface area contributed by atoms with E-state index in [0.29, 0.717) is 6.54 Å². The molecule has 4 unspecified atom stereocenters. The van der Waals surface area contributed by atoms with Gasteiger partial charge in [0, 0.05) is 20.0 Å². The monoisotopic (exact) mass is 555 g/mol. The summed E-state index contributed by atoms with van der Waals surface area (Å²) < 4.78 is 0. The van der Waals surface area contributed by atoms with Gasteiger partial charge in [0.25, 0.3) is 0 Å². The predicted octanol–water partition coefficient (Wildman–Crippen LogP) is 2.83. The minimum atomic E-state index is -0.446. The summed E-state index contributed by atoms with van der Waals surface area (Å²) >= 11 is 0. The zero-order valence-electron chi connectivity index (χ0n) is 24.6. The normalized spacial score (nSPS) is 26.1. The molecule has 4 amide bonds. The molecule has 9 heteroatoms. The summed E-state index contributed by atoms with van der Waals surface area (Å²) in [6.07, 6.45) is 14.7. The van der Waals surface area contributed by atoms with Crippen LogP contribution in [0.3, 0.4) is 0 Å². The lowest BCUT2D eigenvalue weighted by Crippen LogP contribution is -2.56. The number of allylic oxidation sites excluding steroid dienone is 2. The van der Waals surface area contributed by atoms with Crippen LogP contribution in [0.2, 0.25) is 0 Å². The number of amides is 4. The quantitative estimate of drug-likeness (QED) is 0.379. The summed E-state index contributed by atoms with van der Waals surface area (Å²) in [5, 5.41) is 8.80. The Labute approximate surface area is 239 Å². The Kier molecular flexibility index (Phi) is 12.0. The SMILES string of the molecule is C=CC1=C(C=C)C(NC=O)CCC1.CN[C@@H](C)C(=O)NC(C(=O)N1CCC2C1CCN2C(C)=O)C1CCCCC1. The average Bonchev–Trinajstić information content (AvgIpc) is 3.58. The van der Waals surface area contributed by atoms with Crippen LogP contribution in [-0.2, 0) is 19.2 Å². The van der Waals surface area contributed by atoms with Gasteiger partial charge in [-0.3, -0.25) is 19.2 Å². The van der Waals surface area contributed by atoms with Gasteiger partial charge in [0.05, 0.1) is 24.2 Å². The second-order valence-corrected chi connectivity index (χ2v) is 11.5. The Hall–Kier alpha value is -2.94. The highest BCUT2D eigenvalue weighted by molar-refractivity contribution is 5.90. The number of likely N-dealkylation sites (N-methyl/N-ethyl adjacent to an activating group) is 1. The van der Waals surface area contributed by atoms with Crippen LogP contribution in [0.5, 0.6) is 0 Å². The van der Waals surface area contributed by atoms with Gasteiger partial charge in [-0.25, -0.2) is 0 Å². The molecule has 0 aromatic carbocycles. The van der Waals surface area contributed by atoms with E-state index in [-0.39, 0.29) is 47.8 Å². The first-order valence-corrected chi connectivity index (χ1v) is 15.0. The van der Waals surface area contributed by atoms with Crippen LogP contribution < -0.4 is 16.0 Å². The van der Waals surface area contributed by atoms with E-state index in [2.05, 4.69) is 29.1 Å². The molecule has 2 heterocycles. The molecule has 0 aromatic rings. The fraction of sp³-hybridized carbons (Fsp3) is 0.677. The van der Waals surface area contributed by atoms with Crippen molar-refractivity contribution >= 4 is 24.1 Å². The predicted molar refractivity (Wildman–Crippen MR) is 157 cm³/mol. The van der Waals surface area contributed by atoms with E-state index in [1.165, 1.54) is 12.0 Å². The maximum absolute atomic E-state index is 13.5. The number of carbonyl (C=O) groups excluding carboxylic acids is 4. The molecule has 2 aliphatic carbocycles. The number of fused-ring (bicyclic) bond motifs is 1. The van der Waals surface area contributed by atoms with Crippen molar-refractivity contribution in [3.8, 4) is 0 Å². The van der Waals surface area contributed by atoms with Crippen molar-refractivity contribution in [2.75, 3.05) is 20.1 Å². The Morgan fingerprint density at radius 1 is 0.925 bits per heavy atom. The highest BCUT2D eigenvalue weighted by atomic mass is 16.2. The highest BCUT2D eigenvalue weighted by Gasteiger charge is 2.47. The van der Waals surface area contributed by atoms with E-state index >= 15 is 0 Å². The fourth-order valence-corrected chi connectivity index (χ4v) is 6.86. The largest absolute Gasteiger partial charge is 0.352 e. The van der Waals surface area contributed by atoms with Gasteiger partial charge in [0.15, 0.2) is 0 Å². The third-order valence-corrected chi connectivity index (χ3v) is 9.20. The zero-order chi connectivity index (χ0) is 29.2. The topological polar surface area (TPSA) is 111 Å². The molecule has 3 N–H and O–H groups in total. The van der Waals surface area contributed by atoms with Gasteiger partial charge < -0.3 is 25.8 Å². The third kappa shape index (κ3) is 7.42. The molecule has 0 bridgehead atoms. The second kappa shape index (κ2) is 15.2. The molecule has 1 saturated carbocycles. The summed E-state index contributed by atoms with van der Waals surface area (Å²) in [5.41, 5.74) is 2.33. The minimum absolute atomic E-state index is 0.0523. The maximum atomic E-state index is 13.5. The van der Waals surface area contributed by atoms with E-state index in [1.807, 2.05) is 28.9 Å². The fourth-order valence-electron chi connectivity index (χ4n) is 6.86. The standard InChI is InChI=1S/C20H34N4O3.C11H15NO/c1-13(21-3)19(26)22-18(15-7-5-4-6-8-15)20(27)24-12-10-16-17(24)9-11-23(16)14(2)25;1-3-9-6-5-7-11(12-8-13)10(9)4-2/h13,15-18,21H,4-12H2,1-3H3,(H,22,26);3-4,8,11H,1-2,5-7H2,(H,12,13)/t13-,16?,17?,18?;/m0./s1. The van der Waals surface area contributed by atoms with Crippen LogP contribution in [0.15, 0.2) is 36.5 Å². The van der Waals surface area contributed by atoms with Crippen molar-refractivity contribution in [2.24, 2.45) is 5.92 Å². The number of nitrogens with zero attached hydrogens (tertiary/aromatic N) is 2. The van der Waals surface area contributed by atoms with Crippen LogP contribution in [0, 0.1) is 5.92 Å². The molecule has 2 saturated heterocycles. The molecule has 0 aromatic heterocycles. The zero-order valence-corrected chi connectivity index (χ0v) is 24.6. The van der Waals surface area contributed by atoms with Crippen LogP contribution in [-0.4, -0.2) is 84.3 Å². The molecule has 40 heavy (non-hydrogen) atoms. The summed E-state index contributed by atoms with van der Waals surface area (Å²) in [5.74, 6) is 0.241. The van der Waals surface area contributed by atoms with E-state index in [0.717, 1.165) is 76.3 Å². The lowest BCUT2D eigenvalue weighted by Gasteiger charge is -2.35. The Morgan fingerprint density at radius 3 is 2.15 bits per heavy atom. The van der Waals surface area contributed by atoms with Crippen LogP contribution in [0.4, 0.5) is 0 Å². The summed E-state index contributed by atoms with van der Waals surface area (Å²) in [7, 11) is 1.75. The summed E-state index contributed by atoms with van der Waals surface area (Å²) in [4.78, 5) is 52.1. The van der Waals surface area contributed by atoms with E-state index in [9.17, 15) is 19.2 Å². The molecule has 5 atom stereocenters. The number of rotatable bonds is 9. The third-order valence-electron chi connectivity index (χ3n) is 9.20. The molecule has 4 aliphatic rings. The average molecular weight is 556 g/mol. The Balaban J connectivity index is 0.000000285. The first-order valence-electron chi connectivity index (χ1n) is 15.0. The van der Waals surface area contributed by atoms with Crippen molar-refractivity contribution in [1.82, 2.24) is 25.8 Å². The van der Waals surface area contributed by atoms with Gasteiger partial charge in [0.2, 0.25) is 24.1 Å². The molecule has 0 spiro atoms. The summed E-state index contributed by atoms with van der Waals surface area (Å²) in [6.45, 7) is 12.3. The van der Waals surface area contributed by atoms with Crippen molar-refractivity contribution in [2.45, 2.75) is 108 Å². The number of hydrogen-bond donors (Lipinski definition) is 3. The van der Waals surface area contributed by atoms with Gasteiger partial charge in [-0.1, -0.05) is 44.6 Å². The smallest absolute Gasteiger partial charge is 0.245 e. The van der Waals surface area contributed by atoms with E-state index in [1.54, 1.807) is 14.0 Å². The molecular formula is C31H49N5O4. The number of hydrogen-bond acceptors (Lipinski definition) is 5. The van der Waals surface area contributed by atoms with Gasteiger partial charge in [0.1, 0.15) is 6.04 Å². The molecule has 2 aliphatic heterocycles. The molecule has 0 radical (unpaired) electrons. The summed E-state index contributed by atoms with van der Waals surface area (Å²) in [6, 6.07) is -0.387. The van der Waals surface area contributed by atoms with Crippen molar-refractivity contribution in [1.29, 1.82) is 0 Å².